The molecule has 0 fully saturated rings. The van der Waals surface area contributed by atoms with Gasteiger partial charge < -0.3 is 5.11 Å². The Kier molecular flexibility index (Phi) is 3.11. The van der Waals surface area contributed by atoms with Crippen LogP contribution in [0.3, 0.4) is 0 Å². The molecule has 2 aromatic carbocycles. The molecule has 2 rings (SSSR count). The minimum absolute atomic E-state index is 0.0461. The van der Waals surface area contributed by atoms with Gasteiger partial charge in [0.05, 0.1) is 10.6 Å². The topological polar surface area (TPSA) is 37.3 Å². The van der Waals surface area contributed by atoms with Crippen LogP contribution in [0.4, 0.5) is 4.39 Å². The van der Waals surface area contributed by atoms with Gasteiger partial charge in [-0.1, -0.05) is 35.9 Å². The van der Waals surface area contributed by atoms with Gasteiger partial charge in [0, 0.05) is 5.56 Å². The van der Waals surface area contributed by atoms with Crippen LogP contribution in [0.25, 0.3) is 11.1 Å². The first-order chi connectivity index (χ1) is 8.09. The fourth-order valence-corrected chi connectivity index (χ4v) is 1.69. The van der Waals surface area contributed by atoms with E-state index in [-0.39, 0.29) is 10.6 Å². The van der Waals surface area contributed by atoms with Gasteiger partial charge in [0.25, 0.3) is 0 Å². The van der Waals surface area contributed by atoms with Crippen molar-refractivity contribution >= 4 is 17.6 Å². The summed E-state index contributed by atoms with van der Waals surface area (Å²) in [7, 11) is 0. The zero-order valence-electron chi connectivity index (χ0n) is 8.65. The molecule has 0 spiro atoms. The molecule has 0 atom stereocenters. The number of aromatic carboxylic acids is 1. The summed E-state index contributed by atoms with van der Waals surface area (Å²) < 4.78 is 13.7. The Labute approximate surface area is 102 Å². The van der Waals surface area contributed by atoms with Crippen molar-refractivity contribution in [2.24, 2.45) is 0 Å². The summed E-state index contributed by atoms with van der Waals surface area (Å²) in [4.78, 5) is 10.7. The van der Waals surface area contributed by atoms with E-state index in [1.807, 2.05) is 0 Å². The van der Waals surface area contributed by atoms with Crippen LogP contribution in [-0.4, -0.2) is 11.1 Å². The summed E-state index contributed by atoms with van der Waals surface area (Å²) in [6, 6.07) is 10.7. The van der Waals surface area contributed by atoms with Crippen molar-refractivity contribution in [3.63, 3.8) is 0 Å². The Morgan fingerprint density at radius 1 is 1.12 bits per heavy atom. The Bertz CT molecular complexity index is 564. The Morgan fingerprint density at radius 3 is 2.35 bits per heavy atom. The van der Waals surface area contributed by atoms with Gasteiger partial charge in [-0.05, 0) is 23.8 Å². The lowest BCUT2D eigenvalue weighted by atomic mass is 10.0. The third kappa shape index (κ3) is 2.29. The maximum Gasteiger partial charge on any atom is 0.335 e. The van der Waals surface area contributed by atoms with E-state index in [0.29, 0.717) is 11.1 Å². The van der Waals surface area contributed by atoms with Gasteiger partial charge in [-0.25, -0.2) is 9.18 Å². The summed E-state index contributed by atoms with van der Waals surface area (Å²) in [5.41, 5.74) is 1.11. The number of carbonyl (C=O) groups is 1. The van der Waals surface area contributed by atoms with E-state index in [4.69, 9.17) is 16.7 Å². The molecule has 0 bridgehead atoms. The van der Waals surface area contributed by atoms with Gasteiger partial charge >= 0.3 is 5.97 Å². The summed E-state index contributed by atoms with van der Waals surface area (Å²) in [6.07, 6.45) is 0. The van der Waals surface area contributed by atoms with Gasteiger partial charge in [0.2, 0.25) is 0 Å². The lowest BCUT2D eigenvalue weighted by Gasteiger charge is -2.05. The minimum Gasteiger partial charge on any atom is -0.478 e. The smallest absolute Gasteiger partial charge is 0.335 e. The van der Waals surface area contributed by atoms with Crippen molar-refractivity contribution < 1.29 is 14.3 Å². The van der Waals surface area contributed by atoms with Crippen LogP contribution in [0.2, 0.25) is 5.02 Å². The Hall–Kier alpha value is -1.87. The Balaban J connectivity index is 2.47. The SMILES string of the molecule is O=C(O)c1ccc(-c2cccc(Cl)c2F)cc1. The second-order valence-electron chi connectivity index (χ2n) is 3.48. The molecule has 17 heavy (non-hydrogen) atoms. The van der Waals surface area contributed by atoms with Crippen LogP contribution in [0.1, 0.15) is 10.4 Å². The van der Waals surface area contributed by atoms with E-state index in [9.17, 15) is 9.18 Å². The molecule has 4 heteroatoms. The lowest BCUT2D eigenvalue weighted by molar-refractivity contribution is 0.0697. The molecule has 2 aromatic rings. The summed E-state index contributed by atoms with van der Waals surface area (Å²) >= 11 is 5.68. The van der Waals surface area contributed by atoms with E-state index < -0.39 is 11.8 Å². The van der Waals surface area contributed by atoms with Crippen molar-refractivity contribution in [2.75, 3.05) is 0 Å². The standard InChI is InChI=1S/C13H8ClFO2/c14-11-3-1-2-10(12(11)15)8-4-6-9(7-5-8)13(16)17/h1-7H,(H,16,17). The highest BCUT2D eigenvalue weighted by Gasteiger charge is 2.09. The first kappa shape index (κ1) is 11.6. The van der Waals surface area contributed by atoms with E-state index >= 15 is 0 Å². The number of carboxylic acids is 1. The first-order valence-corrected chi connectivity index (χ1v) is 5.25. The van der Waals surface area contributed by atoms with Gasteiger partial charge in [0.1, 0.15) is 5.82 Å². The van der Waals surface area contributed by atoms with Crippen LogP contribution in [-0.2, 0) is 0 Å². The van der Waals surface area contributed by atoms with Gasteiger partial charge in [-0.15, -0.1) is 0 Å². The van der Waals surface area contributed by atoms with Gasteiger partial charge in [-0.3, -0.25) is 0 Å². The number of hydrogen-bond acceptors (Lipinski definition) is 1. The normalized spacial score (nSPS) is 10.2. The lowest BCUT2D eigenvalue weighted by Crippen LogP contribution is -1.95. The molecule has 1 N–H and O–H groups in total. The molecule has 0 saturated heterocycles. The van der Waals surface area contributed by atoms with Crippen molar-refractivity contribution in [3.05, 3.63) is 58.9 Å². The molecule has 0 unspecified atom stereocenters. The van der Waals surface area contributed by atoms with Crippen LogP contribution in [0.5, 0.6) is 0 Å². The number of rotatable bonds is 2. The predicted molar refractivity (Wildman–Crippen MR) is 63.8 cm³/mol. The number of hydrogen-bond donors (Lipinski definition) is 1. The maximum atomic E-state index is 13.7. The van der Waals surface area contributed by atoms with E-state index in [1.54, 1.807) is 24.3 Å². The number of halogens is 2. The fourth-order valence-electron chi connectivity index (χ4n) is 1.52. The molecule has 0 radical (unpaired) electrons. The fraction of sp³-hybridized carbons (Fsp3) is 0. The molecule has 0 aromatic heterocycles. The number of benzene rings is 2. The van der Waals surface area contributed by atoms with Crippen molar-refractivity contribution in [1.82, 2.24) is 0 Å². The first-order valence-electron chi connectivity index (χ1n) is 4.87. The molecule has 0 amide bonds. The van der Waals surface area contributed by atoms with E-state index in [0.717, 1.165) is 0 Å². The molecular weight excluding hydrogens is 243 g/mol. The highest BCUT2D eigenvalue weighted by atomic mass is 35.5. The van der Waals surface area contributed by atoms with Crippen molar-refractivity contribution in [1.29, 1.82) is 0 Å². The third-order valence-electron chi connectivity index (χ3n) is 2.39. The summed E-state index contributed by atoms with van der Waals surface area (Å²) in [5.74, 6) is -1.51. The zero-order chi connectivity index (χ0) is 12.4. The average molecular weight is 251 g/mol. The molecule has 0 saturated carbocycles. The van der Waals surface area contributed by atoms with E-state index in [1.165, 1.54) is 18.2 Å². The largest absolute Gasteiger partial charge is 0.478 e. The molecule has 0 aliphatic heterocycles. The van der Waals surface area contributed by atoms with Crippen LogP contribution >= 0.6 is 11.6 Å². The molecule has 0 heterocycles. The second-order valence-corrected chi connectivity index (χ2v) is 3.89. The molecule has 0 aliphatic carbocycles. The molecule has 0 aliphatic rings. The van der Waals surface area contributed by atoms with Crippen LogP contribution < -0.4 is 0 Å². The van der Waals surface area contributed by atoms with Gasteiger partial charge in [0.15, 0.2) is 0 Å². The molecule has 86 valence electrons. The monoisotopic (exact) mass is 250 g/mol. The van der Waals surface area contributed by atoms with Crippen LogP contribution in [0.15, 0.2) is 42.5 Å². The number of carboxylic acid groups (broad SMARTS) is 1. The Morgan fingerprint density at radius 2 is 1.76 bits per heavy atom. The third-order valence-corrected chi connectivity index (χ3v) is 2.69. The highest BCUT2D eigenvalue weighted by molar-refractivity contribution is 6.31. The van der Waals surface area contributed by atoms with Gasteiger partial charge in [-0.2, -0.15) is 0 Å². The molecule has 2 nitrogen and oxygen atoms in total. The maximum absolute atomic E-state index is 13.7. The van der Waals surface area contributed by atoms with Crippen molar-refractivity contribution in [3.8, 4) is 11.1 Å². The molecular formula is C13H8ClFO2. The van der Waals surface area contributed by atoms with Crippen molar-refractivity contribution in [2.45, 2.75) is 0 Å². The zero-order valence-corrected chi connectivity index (χ0v) is 9.41. The second kappa shape index (κ2) is 4.55. The highest BCUT2D eigenvalue weighted by Crippen LogP contribution is 2.27. The summed E-state index contributed by atoms with van der Waals surface area (Å²) in [5, 5.41) is 8.80. The van der Waals surface area contributed by atoms with E-state index in [2.05, 4.69) is 0 Å². The quantitative estimate of drug-likeness (QED) is 0.879. The predicted octanol–water partition coefficient (Wildman–Crippen LogP) is 3.84. The minimum atomic E-state index is -1.01. The van der Waals surface area contributed by atoms with Crippen LogP contribution in [0, 0.1) is 5.82 Å². The average Bonchev–Trinajstić information content (AvgIpc) is 2.33. The summed E-state index contributed by atoms with van der Waals surface area (Å²) in [6.45, 7) is 0.